The normalized spacial score (nSPS) is 16.7. The Labute approximate surface area is 118 Å². The van der Waals surface area contributed by atoms with Crippen molar-refractivity contribution in [2.24, 2.45) is 0 Å². The minimum atomic E-state index is -0.480. The van der Waals surface area contributed by atoms with Gasteiger partial charge in [-0.1, -0.05) is 6.07 Å². The van der Waals surface area contributed by atoms with E-state index in [1.807, 2.05) is 24.5 Å². The van der Waals surface area contributed by atoms with Gasteiger partial charge in [-0.05, 0) is 51.0 Å². The Morgan fingerprint density at radius 2 is 2.00 bits per heavy atom. The summed E-state index contributed by atoms with van der Waals surface area (Å²) in [6, 6.07) is 6.11. The van der Waals surface area contributed by atoms with Gasteiger partial charge >= 0.3 is 5.97 Å². The lowest BCUT2D eigenvalue weighted by Crippen LogP contribution is -2.36. The van der Waals surface area contributed by atoms with Gasteiger partial charge in [0.2, 0.25) is 0 Å². The van der Waals surface area contributed by atoms with Crippen molar-refractivity contribution in [3.05, 3.63) is 47.0 Å². The monoisotopic (exact) mass is 270 g/mol. The lowest BCUT2D eigenvalue weighted by atomic mass is 9.98. The van der Waals surface area contributed by atoms with Crippen LogP contribution in [0.5, 0.6) is 0 Å². The third-order valence-corrected chi connectivity index (χ3v) is 3.77. The molecule has 1 aliphatic rings. The summed E-state index contributed by atoms with van der Waals surface area (Å²) < 4.78 is 7.29. The van der Waals surface area contributed by atoms with E-state index < -0.39 is 5.60 Å². The van der Waals surface area contributed by atoms with E-state index in [1.165, 1.54) is 11.1 Å². The van der Waals surface area contributed by atoms with Crippen LogP contribution in [-0.2, 0) is 11.2 Å². The molecule has 4 heteroatoms. The predicted octanol–water partition coefficient (Wildman–Crippen LogP) is 2.98. The number of aryl methyl sites for hydroxylation is 2. The standard InChI is InChI=1S/C16H18N2O2/c1-10-5-6-12(7-11(10)2)18-9-17-13-8-16(3,4)20-15(19)14(13)18/h5-7,9H,8H2,1-4H3. The molecule has 0 fully saturated rings. The van der Waals surface area contributed by atoms with Gasteiger partial charge in [0.05, 0.1) is 5.69 Å². The number of imidazole rings is 1. The van der Waals surface area contributed by atoms with Crippen LogP contribution in [0.4, 0.5) is 0 Å². The molecule has 0 aliphatic carbocycles. The maximum atomic E-state index is 12.2. The van der Waals surface area contributed by atoms with Crippen LogP contribution < -0.4 is 0 Å². The topological polar surface area (TPSA) is 44.1 Å². The van der Waals surface area contributed by atoms with Crippen LogP contribution >= 0.6 is 0 Å². The number of fused-ring (bicyclic) bond motifs is 1. The average Bonchev–Trinajstić information content (AvgIpc) is 2.75. The first-order valence-electron chi connectivity index (χ1n) is 6.74. The van der Waals surface area contributed by atoms with Gasteiger partial charge in [-0.3, -0.25) is 4.57 Å². The number of esters is 1. The van der Waals surface area contributed by atoms with Gasteiger partial charge in [-0.2, -0.15) is 0 Å². The van der Waals surface area contributed by atoms with E-state index in [0.29, 0.717) is 12.1 Å². The highest BCUT2D eigenvalue weighted by atomic mass is 16.6. The summed E-state index contributed by atoms with van der Waals surface area (Å²) in [5.41, 5.74) is 4.24. The van der Waals surface area contributed by atoms with E-state index >= 15 is 0 Å². The quantitative estimate of drug-likeness (QED) is 0.748. The van der Waals surface area contributed by atoms with E-state index in [1.54, 1.807) is 6.33 Å². The molecule has 0 atom stereocenters. The van der Waals surface area contributed by atoms with Gasteiger partial charge in [0.15, 0.2) is 5.69 Å². The van der Waals surface area contributed by atoms with Gasteiger partial charge < -0.3 is 4.74 Å². The van der Waals surface area contributed by atoms with Crippen molar-refractivity contribution in [1.82, 2.24) is 9.55 Å². The highest BCUT2D eigenvalue weighted by Crippen LogP contribution is 2.28. The Balaban J connectivity index is 2.11. The lowest BCUT2D eigenvalue weighted by molar-refractivity contribution is -0.00795. The zero-order chi connectivity index (χ0) is 14.5. The molecule has 2 aromatic rings. The van der Waals surface area contributed by atoms with Gasteiger partial charge in [0, 0.05) is 12.1 Å². The first-order valence-corrected chi connectivity index (χ1v) is 6.74. The molecule has 104 valence electrons. The highest BCUT2D eigenvalue weighted by Gasteiger charge is 2.36. The van der Waals surface area contributed by atoms with Crippen molar-refractivity contribution in [2.75, 3.05) is 0 Å². The molecule has 0 radical (unpaired) electrons. The van der Waals surface area contributed by atoms with Crippen molar-refractivity contribution < 1.29 is 9.53 Å². The molecular weight excluding hydrogens is 252 g/mol. The number of carbonyl (C=O) groups is 1. The second-order valence-electron chi connectivity index (χ2n) is 6.00. The molecule has 0 spiro atoms. The van der Waals surface area contributed by atoms with Gasteiger partial charge in [0.25, 0.3) is 0 Å². The van der Waals surface area contributed by atoms with E-state index in [2.05, 4.69) is 31.0 Å². The fraction of sp³-hybridized carbons (Fsp3) is 0.375. The Bertz CT molecular complexity index is 698. The van der Waals surface area contributed by atoms with Crippen molar-refractivity contribution >= 4 is 5.97 Å². The first kappa shape index (κ1) is 12.9. The number of rotatable bonds is 1. The molecule has 1 aliphatic heterocycles. The molecule has 0 bridgehead atoms. The van der Waals surface area contributed by atoms with Crippen LogP contribution in [0.3, 0.4) is 0 Å². The molecule has 0 saturated carbocycles. The third kappa shape index (κ3) is 2.01. The summed E-state index contributed by atoms with van der Waals surface area (Å²) >= 11 is 0. The molecule has 1 aromatic carbocycles. The Morgan fingerprint density at radius 1 is 1.25 bits per heavy atom. The summed E-state index contributed by atoms with van der Waals surface area (Å²) in [6.45, 7) is 7.94. The van der Waals surface area contributed by atoms with Crippen LogP contribution in [0.1, 0.15) is 41.2 Å². The van der Waals surface area contributed by atoms with Gasteiger partial charge in [-0.25, -0.2) is 9.78 Å². The zero-order valence-corrected chi connectivity index (χ0v) is 12.2. The van der Waals surface area contributed by atoms with E-state index in [9.17, 15) is 4.79 Å². The molecule has 4 nitrogen and oxygen atoms in total. The lowest BCUT2D eigenvalue weighted by Gasteiger charge is -2.29. The summed E-state index contributed by atoms with van der Waals surface area (Å²) in [7, 11) is 0. The number of cyclic esters (lactones) is 1. The molecule has 0 unspecified atom stereocenters. The van der Waals surface area contributed by atoms with Crippen molar-refractivity contribution in [3.8, 4) is 5.69 Å². The number of carbonyl (C=O) groups excluding carboxylic acids is 1. The maximum Gasteiger partial charge on any atom is 0.357 e. The number of hydrogen-bond donors (Lipinski definition) is 0. The summed E-state index contributed by atoms with van der Waals surface area (Å²) in [5.74, 6) is -0.299. The van der Waals surface area contributed by atoms with Gasteiger partial charge in [-0.15, -0.1) is 0 Å². The number of hydrogen-bond acceptors (Lipinski definition) is 3. The zero-order valence-electron chi connectivity index (χ0n) is 12.2. The number of benzene rings is 1. The van der Waals surface area contributed by atoms with Crippen LogP contribution in [0.15, 0.2) is 24.5 Å². The van der Waals surface area contributed by atoms with E-state index in [4.69, 9.17) is 4.74 Å². The predicted molar refractivity (Wildman–Crippen MR) is 76.2 cm³/mol. The Morgan fingerprint density at radius 3 is 2.70 bits per heavy atom. The molecular formula is C16H18N2O2. The molecule has 3 rings (SSSR count). The van der Waals surface area contributed by atoms with Crippen molar-refractivity contribution in [2.45, 2.75) is 39.7 Å². The van der Waals surface area contributed by atoms with Gasteiger partial charge in [0.1, 0.15) is 11.9 Å². The first-order chi connectivity index (χ1) is 9.37. The average molecular weight is 270 g/mol. The minimum absolute atomic E-state index is 0.299. The second-order valence-corrected chi connectivity index (χ2v) is 6.00. The summed E-state index contributed by atoms with van der Waals surface area (Å²) in [4.78, 5) is 16.6. The third-order valence-electron chi connectivity index (χ3n) is 3.77. The fourth-order valence-corrected chi connectivity index (χ4v) is 2.54. The van der Waals surface area contributed by atoms with Crippen LogP contribution in [-0.4, -0.2) is 21.1 Å². The molecule has 20 heavy (non-hydrogen) atoms. The molecule has 0 saturated heterocycles. The minimum Gasteiger partial charge on any atom is -0.455 e. The van der Waals surface area contributed by atoms with Crippen molar-refractivity contribution in [1.29, 1.82) is 0 Å². The fourth-order valence-electron chi connectivity index (χ4n) is 2.54. The van der Waals surface area contributed by atoms with Crippen molar-refractivity contribution in [3.63, 3.8) is 0 Å². The molecule has 1 aromatic heterocycles. The SMILES string of the molecule is Cc1ccc(-n2cnc3c2C(=O)OC(C)(C)C3)cc1C. The van der Waals surface area contributed by atoms with Crippen LogP contribution in [0.2, 0.25) is 0 Å². The highest BCUT2D eigenvalue weighted by molar-refractivity contribution is 5.91. The summed E-state index contributed by atoms with van der Waals surface area (Å²) in [5, 5.41) is 0. The second kappa shape index (κ2) is 4.20. The molecule has 0 amide bonds. The van der Waals surface area contributed by atoms with Crippen LogP contribution in [0, 0.1) is 13.8 Å². The molecule has 0 N–H and O–H groups in total. The molecule has 2 heterocycles. The largest absolute Gasteiger partial charge is 0.455 e. The number of aromatic nitrogens is 2. The maximum absolute atomic E-state index is 12.2. The number of ether oxygens (including phenoxy) is 1. The smallest absolute Gasteiger partial charge is 0.357 e. The van der Waals surface area contributed by atoms with E-state index in [0.717, 1.165) is 11.4 Å². The van der Waals surface area contributed by atoms with E-state index in [-0.39, 0.29) is 5.97 Å². The number of nitrogens with zero attached hydrogens (tertiary/aromatic N) is 2. The Kier molecular flexibility index (Phi) is 2.71. The summed E-state index contributed by atoms with van der Waals surface area (Å²) in [6.07, 6.45) is 2.35. The Hall–Kier alpha value is -2.10. The van der Waals surface area contributed by atoms with Crippen LogP contribution in [0.25, 0.3) is 5.69 Å².